The van der Waals surface area contributed by atoms with Crippen LogP contribution in [0.15, 0.2) is 192 Å². The molecule has 2 heteroatoms. The zero-order valence-corrected chi connectivity index (χ0v) is 30.8. The Morgan fingerprint density at radius 3 is 1.82 bits per heavy atom. The average Bonchev–Trinajstić information content (AvgIpc) is 3.73. The molecule has 1 aliphatic carbocycles. The van der Waals surface area contributed by atoms with E-state index in [2.05, 4.69) is 207 Å². The van der Waals surface area contributed by atoms with E-state index in [0.717, 1.165) is 66.5 Å². The van der Waals surface area contributed by atoms with Crippen LogP contribution in [0.25, 0.3) is 76.9 Å². The van der Waals surface area contributed by atoms with Crippen molar-refractivity contribution in [3.8, 4) is 33.4 Å². The van der Waals surface area contributed by atoms with Crippen LogP contribution < -0.4 is 4.90 Å². The highest BCUT2D eigenvalue weighted by Gasteiger charge is 2.36. The van der Waals surface area contributed by atoms with E-state index in [1.54, 1.807) is 0 Å². The molecule has 0 amide bonds. The summed E-state index contributed by atoms with van der Waals surface area (Å²) in [5, 5.41) is 6.85. The van der Waals surface area contributed by atoms with Gasteiger partial charge in [0.25, 0.3) is 0 Å². The van der Waals surface area contributed by atoms with Crippen molar-refractivity contribution < 1.29 is 4.42 Å². The molecule has 9 aromatic carbocycles. The van der Waals surface area contributed by atoms with E-state index in [-0.39, 0.29) is 5.41 Å². The lowest BCUT2D eigenvalue weighted by molar-refractivity contribution is 0.660. The van der Waals surface area contributed by atoms with E-state index in [4.69, 9.17) is 4.42 Å². The molecule has 10 aromatic rings. The summed E-state index contributed by atoms with van der Waals surface area (Å²) in [5.74, 6) is 0. The molecular formula is C53H37NO. The topological polar surface area (TPSA) is 16.4 Å². The fourth-order valence-electron chi connectivity index (χ4n) is 9.07. The van der Waals surface area contributed by atoms with Gasteiger partial charge in [-0.3, -0.25) is 0 Å². The Morgan fingerprint density at radius 1 is 0.382 bits per heavy atom. The number of hydrogen-bond donors (Lipinski definition) is 0. The minimum absolute atomic E-state index is 0.133. The number of nitrogens with zero attached hydrogens (tertiary/aromatic N) is 1. The molecule has 0 N–H and O–H groups in total. The summed E-state index contributed by atoms with van der Waals surface area (Å²) < 4.78 is 7.05. The van der Waals surface area contributed by atoms with Crippen molar-refractivity contribution in [1.82, 2.24) is 0 Å². The van der Waals surface area contributed by atoms with Crippen LogP contribution in [0.1, 0.15) is 25.0 Å². The van der Waals surface area contributed by atoms with Crippen molar-refractivity contribution in [2.45, 2.75) is 19.3 Å². The fourth-order valence-corrected chi connectivity index (χ4v) is 9.07. The van der Waals surface area contributed by atoms with E-state index in [1.165, 1.54) is 38.6 Å². The molecule has 0 unspecified atom stereocenters. The molecule has 0 aliphatic heterocycles. The van der Waals surface area contributed by atoms with E-state index in [9.17, 15) is 0 Å². The maximum Gasteiger partial charge on any atom is 0.143 e. The van der Waals surface area contributed by atoms with Gasteiger partial charge in [0.1, 0.15) is 11.2 Å². The number of anilines is 3. The van der Waals surface area contributed by atoms with E-state index in [1.807, 2.05) is 0 Å². The summed E-state index contributed by atoms with van der Waals surface area (Å²) in [4.78, 5) is 2.46. The highest BCUT2D eigenvalue weighted by atomic mass is 16.3. The third-order valence-corrected chi connectivity index (χ3v) is 11.8. The Kier molecular flexibility index (Phi) is 6.93. The quantitative estimate of drug-likeness (QED) is 0.177. The summed E-state index contributed by atoms with van der Waals surface area (Å²) in [6.07, 6.45) is 0. The molecule has 0 fully saturated rings. The molecule has 260 valence electrons. The first-order valence-corrected chi connectivity index (χ1v) is 19.1. The Labute approximate surface area is 320 Å². The number of furan rings is 1. The third kappa shape index (κ3) is 4.88. The smallest absolute Gasteiger partial charge is 0.143 e. The monoisotopic (exact) mass is 703 g/mol. The summed E-state index contributed by atoms with van der Waals surface area (Å²) in [6.45, 7) is 4.71. The van der Waals surface area contributed by atoms with Crippen LogP contribution in [0.3, 0.4) is 0 Å². The van der Waals surface area contributed by atoms with Gasteiger partial charge in [-0.2, -0.15) is 0 Å². The molecule has 0 saturated carbocycles. The highest BCUT2D eigenvalue weighted by Crippen LogP contribution is 2.52. The van der Waals surface area contributed by atoms with Crippen LogP contribution in [0, 0.1) is 0 Å². The third-order valence-electron chi connectivity index (χ3n) is 11.8. The minimum atomic E-state index is -0.133. The van der Waals surface area contributed by atoms with E-state index in [0.29, 0.717) is 0 Å². The Hall–Kier alpha value is -6.90. The second kappa shape index (κ2) is 12.1. The van der Waals surface area contributed by atoms with Gasteiger partial charge in [0, 0.05) is 43.9 Å². The molecule has 0 radical (unpaired) electrons. The second-order valence-electron chi connectivity index (χ2n) is 15.3. The molecule has 1 aromatic heterocycles. The summed E-state index contributed by atoms with van der Waals surface area (Å²) in [6, 6.07) is 68.4. The van der Waals surface area contributed by atoms with Gasteiger partial charge in [0.2, 0.25) is 0 Å². The average molecular weight is 704 g/mol. The van der Waals surface area contributed by atoms with Gasteiger partial charge in [0.05, 0.1) is 5.69 Å². The summed E-state index contributed by atoms with van der Waals surface area (Å²) >= 11 is 0. The highest BCUT2D eigenvalue weighted by molar-refractivity contribution is 6.22. The zero-order chi connectivity index (χ0) is 36.7. The van der Waals surface area contributed by atoms with Crippen LogP contribution in [-0.4, -0.2) is 0 Å². The summed E-state index contributed by atoms with van der Waals surface area (Å²) in [7, 11) is 0. The van der Waals surface area contributed by atoms with Gasteiger partial charge in [0.15, 0.2) is 0 Å². The molecule has 2 nitrogen and oxygen atoms in total. The maximum absolute atomic E-state index is 7.05. The van der Waals surface area contributed by atoms with Crippen LogP contribution in [0.4, 0.5) is 17.1 Å². The number of rotatable bonds is 5. The molecule has 55 heavy (non-hydrogen) atoms. The number of fused-ring (bicyclic) bond motifs is 9. The largest absolute Gasteiger partial charge is 0.455 e. The normalized spacial score (nSPS) is 13.1. The van der Waals surface area contributed by atoms with Gasteiger partial charge in [-0.1, -0.05) is 159 Å². The number of benzene rings is 9. The fraction of sp³-hybridized carbons (Fsp3) is 0.0566. The van der Waals surface area contributed by atoms with Gasteiger partial charge < -0.3 is 9.32 Å². The molecule has 0 saturated heterocycles. The Morgan fingerprint density at radius 2 is 1.00 bits per heavy atom. The van der Waals surface area contributed by atoms with Gasteiger partial charge >= 0.3 is 0 Å². The standard InChI is InChI=1S/C53H37NO/c1-53(2)48-24-14-13-21-41(48)42-28-27-40(32-49(42)53)54(39-26-25-35-17-9-10-20-37(35)29-39)50-33-47-46-31-38(34-15-5-3-6-16-34)30-45(36-18-7-4-8-19-36)52(46)55-51(47)44-23-12-11-22-43(44)50/h3-33H,1-2H3. The first-order chi connectivity index (χ1) is 27.0. The molecule has 0 atom stereocenters. The molecule has 1 aliphatic rings. The predicted octanol–water partition coefficient (Wildman–Crippen LogP) is 15.0. The lowest BCUT2D eigenvalue weighted by atomic mass is 9.82. The number of hydrogen-bond acceptors (Lipinski definition) is 2. The molecular weight excluding hydrogens is 667 g/mol. The maximum atomic E-state index is 7.05. The van der Waals surface area contributed by atoms with Crippen molar-refractivity contribution in [2.24, 2.45) is 0 Å². The van der Waals surface area contributed by atoms with Crippen molar-refractivity contribution in [2.75, 3.05) is 4.90 Å². The molecule has 1 heterocycles. The second-order valence-corrected chi connectivity index (χ2v) is 15.3. The zero-order valence-electron chi connectivity index (χ0n) is 30.8. The minimum Gasteiger partial charge on any atom is -0.455 e. The van der Waals surface area contributed by atoms with Crippen LogP contribution in [0.5, 0.6) is 0 Å². The van der Waals surface area contributed by atoms with Crippen LogP contribution in [0.2, 0.25) is 0 Å². The SMILES string of the molecule is CC1(C)c2ccccc2-c2ccc(N(c3ccc4ccccc4c3)c3cc4c5cc(-c6ccccc6)cc(-c6ccccc6)c5oc4c4ccccc34)cc21. The Balaban J connectivity index is 1.23. The summed E-state index contributed by atoms with van der Waals surface area (Å²) in [5.41, 5.74) is 14.9. The molecule has 0 spiro atoms. The molecule has 11 rings (SSSR count). The van der Waals surface area contributed by atoms with Crippen molar-refractivity contribution in [3.05, 3.63) is 199 Å². The van der Waals surface area contributed by atoms with Crippen LogP contribution >= 0.6 is 0 Å². The Bertz CT molecular complexity index is 3120. The van der Waals surface area contributed by atoms with E-state index < -0.39 is 0 Å². The van der Waals surface area contributed by atoms with Gasteiger partial charge in [-0.25, -0.2) is 0 Å². The predicted molar refractivity (Wildman–Crippen MR) is 232 cm³/mol. The van der Waals surface area contributed by atoms with Gasteiger partial charge in [-0.05, 0) is 92.2 Å². The van der Waals surface area contributed by atoms with Crippen LogP contribution in [-0.2, 0) is 5.41 Å². The first-order valence-electron chi connectivity index (χ1n) is 19.1. The van der Waals surface area contributed by atoms with E-state index >= 15 is 0 Å². The lowest BCUT2D eigenvalue weighted by Crippen LogP contribution is -2.16. The van der Waals surface area contributed by atoms with Crippen molar-refractivity contribution >= 4 is 60.5 Å². The van der Waals surface area contributed by atoms with Crippen molar-refractivity contribution in [3.63, 3.8) is 0 Å². The van der Waals surface area contributed by atoms with Crippen molar-refractivity contribution in [1.29, 1.82) is 0 Å². The first kappa shape index (κ1) is 31.6. The molecule has 0 bridgehead atoms. The lowest BCUT2D eigenvalue weighted by Gasteiger charge is -2.29. The van der Waals surface area contributed by atoms with Gasteiger partial charge in [-0.15, -0.1) is 0 Å².